The standard InChI is InChI=1S/C11H15Br2NO2/c1-6-2-3-14-8(4-6)10(15)9-5-7(12)11(13)16-9/h5-6,8,10,14-15H,2-4H2,1H3. The second kappa shape index (κ2) is 5.21. The summed E-state index contributed by atoms with van der Waals surface area (Å²) in [4.78, 5) is 0. The van der Waals surface area contributed by atoms with Gasteiger partial charge in [0.15, 0.2) is 4.67 Å². The summed E-state index contributed by atoms with van der Waals surface area (Å²) < 4.78 is 6.91. The quantitative estimate of drug-likeness (QED) is 0.858. The normalized spacial score (nSPS) is 28.0. The van der Waals surface area contributed by atoms with Crippen LogP contribution in [-0.4, -0.2) is 17.7 Å². The molecule has 3 atom stereocenters. The minimum absolute atomic E-state index is 0.0914. The summed E-state index contributed by atoms with van der Waals surface area (Å²) >= 11 is 6.62. The Labute approximate surface area is 112 Å². The van der Waals surface area contributed by atoms with Gasteiger partial charge in [0.1, 0.15) is 11.9 Å². The molecule has 1 aromatic rings. The molecule has 3 nitrogen and oxygen atoms in total. The first kappa shape index (κ1) is 12.6. The fourth-order valence-corrected chi connectivity index (χ4v) is 2.71. The Morgan fingerprint density at radius 1 is 1.56 bits per heavy atom. The summed E-state index contributed by atoms with van der Waals surface area (Å²) in [5.74, 6) is 1.26. The molecule has 1 aromatic heterocycles. The van der Waals surface area contributed by atoms with Crippen LogP contribution in [0.3, 0.4) is 0 Å². The summed E-state index contributed by atoms with van der Waals surface area (Å²) in [5.41, 5.74) is 0. The van der Waals surface area contributed by atoms with E-state index in [9.17, 15) is 5.11 Å². The summed E-state index contributed by atoms with van der Waals surface area (Å²) in [5, 5.41) is 13.5. The lowest BCUT2D eigenvalue weighted by Crippen LogP contribution is -2.41. The van der Waals surface area contributed by atoms with Crippen molar-refractivity contribution in [1.82, 2.24) is 5.32 Å². The van der Waals surface area contributed by atoms with Crippen molar-refractivity contribution in [1.29, 1.82) is 0 Å². The van der Waals surface area contributed by atoms with Crippen molar-refractivity contribution in [2.45, 2.75) is 31.9 Å². The van der Waals surface area contributed by atoms with Gasteiger partial charge in [-0.1, -0.05) is 6.92 Å². The van der Waals surface area contributed by atoms with Crippen molar-refractivity contribution in [2.75, 3.05) is 6.54 Å². The molecule has 0 aliphatic carbocycles. The van der Waals surface area contributed by atoms with Gasteiger partial charge in [-0.15, -0.1) is 0 Å². The van der Waals surface area contributed by atoms with Crippen LogP contribution in [0.15, 0.2) is 19.6 Å². The fourth-order valence-electron chi connectivity index (χ4n) is 2.10. The van der Waals surface area contributed by atoms with Gasteiger partial charge in [-0.05, 0) is 63.2 Å². The van der Waals surface area contributed by atoms with E-state index in [4.69, 9.17) is 4.42 Å². The molecule has 16 heavy (non-hydrogen) atoms. The molecule has 2 N–H and O–H groups in total. The van der Waals surface area contributed by atoms with Crippen LogP contribution in [0.1, 0.15) is 31.6 Å². The molecule has 0 saturated carbocycles. The minimum Gasteiger partial charge on any atom is -0.450 e. The number of piperidine rings is 1. The van der Waals surface area contributed by atoms with Crippen LogP contribution in [0.2, 0.25) is 0 Å². The van der Waals surface area contributed by atoms with Gasteiger partial charge >= 0.3 is 0 Å². The number of furan rings is 1. The molecule has 1 fully saturated rings. The van der Waals surface area contributed by atoms with Crippen molar-refractivity contribution < 1.29 is 9.52 Å². The maximum Gasteiger partial charge on any atom is 0.183 e. The summed E-state index contributed by atoms with van der Waals surface area (Å²) in [6.07, 6.45) is 1.58. The number of hydrogen-bond acceptors (Lipinski definition) is 3. The Hall–Kier alpha value is 0.160. The van der Waals surface area contributed by atoms with E-state index in [0.29, 0.717) is 16.3 Å². The van der Waals surface area contributed by atoms with Gasteiger partial charge in [0.2, 0.25) is 0 Å². The molecule has 1 aliphatic rings. The summed E-state index contributed by atoms with van der Waals surface area (Å²) in [7, 11) is 0. The molecule has 0 bridgehead atoms. The van der Waals surface area contributed by atoms with Gasteiger partial charge in [0.25, 0.3) is 0 Å². The zero-order valence-corrected chi connectivity index (χ0v) is 12.2. The van der Waals surface area contributed by atoms with E-state index >= 15 is 0 Å². The van der Waals surface area contributed by atoms with Crippen molar-refractivity contribution in [2.24, 2.45) is 5.92 Å². The smallest absolute Gasteiger partial charge is 0.183 e. The Balaban J connectivity index is 2.08. The van der Waals surface area contributed by atoms with Crippen LogP contribution in [0.25, 0.3) is 0 Å². The number of rotatable bonds is 2. The van der Waals surface area contributed by atoms with Crippen LogP contribution in [0.4, 0.5) is 0 Å². The number of aliphatic hydroxyl groups excluding tert-OH is 1. The Morgan fingerprint density at radius 3 is 2.88 bits per heavy atom. The minimum atomic E-state index is -0.578. The highest BCUT2D eigenvalue weighted by molar-refractivity contribution is 9.13. The van der Waals surface area contributed by atoms with Crippen LogP contribution < -0.4 is 5.32 Å². The Bertz CT molecular complexity index is 347. The lowest BCUT2D eigenvalue weighted by Gasteiger charge is -2.30. The van der Waals surface area contributed by atoms with Gasteiger partial charge in [-0.3, -0.25) is 0 Å². The van der Waals surface area contributed by atoms with E-state index in [0.717, 1.165) is 17.4 Å². The topological polar surface area (TPSA) is 45.4 Å². The van der Waals surface area contributed by atoms with Crippen molar-refractivity contribution in [3.8, 4) is 0 Å². The maximum absolute atomic E-state index is 10.2. The SMILES string of the molecule is CC1CCNC(C(O)c2cc(Br)c(Br)o2)C1. The molecule has 0 aromatic carbocycles. The van der Waals surface area contributed by atoms with Crippen LogP contribution in [-0.2, 0) is 0 Å². The molecule has 90 valence electrons. The largest absolute Gasteiger partial charge is 0.450 e. The van der Waals surface area contributed by atoms with Gasteiger partial charge in [-0.25, -0.2) is 0 Å². The molecule has 5 heteroatoms. The Morgan fingerprint density at radius 2 is 2.31 bits per heavy atom. The Kier molecular flexibility index (Phi) is 4.11. The number of nitrogens with one attached hydrogen (secondary N) is 1. The monoisotopic (exact) mass is 351 g/mol. The van der Waals surface area contributed by atoms with Crippen molar-refractivity contribution in [3.63, 3.8) is 0 Å². The molecule has 2 heterocycles. The molecule has 3 unspecified atom stereocenters. The lowest BCUT2D eigenvalue weighted by atomic mass is 9.90. The van der Waals surface area contributed by atoms with Crippen molar-refractivity contribution >= 4 is 31.9 Å². The van der Waals surface area contributed by atoms with Crippen LogP contribution in [0, 0.1) is 5.92 Å². The fraction of sp³-hybridized carbons (Fsp3) is 0.636. The molecule has 1 aliphatic heterocycles. The summed E-state index contributed by atoms with van der Waals surface area (Å²) in [6.45, 7) is 3.18. The first-order valence-corrected chi connectivity index (χ1v) is 7.02. The van der Waals surface area contributed by atoms with E-state index < -0.39 is 6.10 Å². The van der Waals surface area contributed by atoms with E-state index in [1.165, 1.54) is 6.42 Å². The zero-order chi connectivity index (χ0) is 11.7. The highest BCUT2D eigenvalue weighted by Crippen LogP contribution is 2.33. The van der Waals surface area contributed by atoms with Crippen LogP contribution >= 0.6 is 31.9 Å². The third-order valence-electron chi connectivity index (χ3n) is 3.04. The van der Waals surface area contributed by atoms with Gasteiger partial charge in [0.05, 0.1) is 4.47 Å². The predicted octanol–water partition coefficient (Wildman–Crippen LogP) is 3.23. The molecular formula is C11H15Br2NO2. The lowest BCUT2D eigenvalue weighted by molar-refractivity contribution is 0.0812. The van der Waals surface area contributed by atoms with Crippen LogP contribution in [0.5, 0.6) is 0 Å². The van der Waals surface area contributed by atoms with E-state index in [2.05, 4.69) is 44.1 Å². The molecule has 0 spiro atoms. The van der Waals surface area contributed by atoms with E-state index in [-0.39, 0.29) is 6.04 Å². The second-order valence-corrected chi connectivity index (χ2v) is 5.98. The van der Waals surface area contributed by atoms with Gasteiger partial charge in [-0.2, -0.15) is 0 Å². The average molecular weight is 353 g/mol. The third-order valence-corrected chi connectivity index (χ3v) is 4.75. The summed E-state index contributed by atoms with van der Waals surface area (Å²) in [6, 6.07) is 1.91. The van der Waals surface area contributed by atoms with E-state index in [1.807, 2.05) is 6.07 Å². The van der Waals surface area contributed by atoms with Crippen molar-refractivity contribution in [3.05, 3.63) is 21.0 Å². The van der Waals surface area contributed by atoms with E-state index in [1.54, 1.807) is 0 Å². The molecular weight excluding hydrogens is 338 g/mol. The maximum atomic E-state index is 10.2. The van der Waals surface area contributed by atoms with Gasteiger partial charge in [0, 0.05) is 6.04 Å². The number of halogens is 2. The third kappa shape index (κ3) is 2.70. The first-order chi connectivity index (χ1) is 7.58. The zero-order valence-electron chi connectivity index (χ0n) is 9.04. The predicted molar refractivity (Wildman–Crippen MR) is 69.3 cm³/mol. The molecule has 0 amide bonds. The first-order valence-electron chi connectivity index (χ1n) is 5.44. The highest BCUT2D eigenvalue weighted by Gasteiger charge is 2.28. The molecule has 1 saturated heterocycles. The number of hydrogen-bond donors (Lipinski definition) is 2. The highest BCUT2D eigenvalue weighted by atomic mass is 79.9. The number of aliphatic hydroxyl groups is 1. The second-order valence-electron chi connectivity index (χ2n) is 4.41. The average Bonchev–Trinajstić information content (AvgIpc) is 2.58. The molecule has 0 radical (unpaired) electrons. The molecule has 2 rings (SSSR count). The van der Waals surface area contributed by atoms with Gasteiger partial charge < -0.3 is 14.8 Å².